The van der Waals surface area contributed by atoms with Gasteiger partial charge in [-0.2, -0.15) is 0 Å². The number of aliphatic imine (C=N–C) groups is 1. The topological polar surface area (TPSA) is 85.8 Å². The van der Waals surface area contributed by atoms with Gasteiger partial charge in [-0.15, -0.1) is 0 Å². The van der Waals surface area contributed by atoms with E-state index in [0.29, 0.717) is 26.1 Å². The third kappa shape index (κ3) is 9.74. The summed E-state index contributed by atoms with van der Waals surface area (Å²) in [6.45, 7) is 10.8. The first-order valence-electron chi connectivity index (χ1n) is 9.67. The molecule has 1 aromatic carbocycles. The number of nitrogens with zero attached hydrogens (tertiary/aromatic N) is 2. The van der Waals surface area contributed by atoms with E-state index < -0.39 is 10.0 Å². The quantitative estimate of drug-likeness (QED) is 0.283. The number of hydrogen-bond acceptors (Lipinski definition) is 4. The molecular formula is C19H35N5O2S. The van der Waals surface area contributed by atoms with Gasteiger partial charge in [0.2, 0.25) is 10.0 Å². The van der Waals surface area contributed by atoms with Crippen LogP contribution in [-0.2, 0) is 10.0 Å². The molecule has 0 aromatic heterocycles. The summed E-state index contributed by atoms with van der Waals surface area (Å²) in [7, 11) is -3.13. The normalized spacial score (nSPS) is 13.6. The lowest BCUT2D eigenvalue weighted by molar-refractivity contribution is 0.224. The average Bonchev–Trinajstić information content (AvgIpc) is 2.64. The zero-order valence-electron chi connectivity index (χ0n) is 17.0. The summed E-state index contributed by atoms with van der Waals surface area (Å²) in [6.07, 6.45) is 1.86. The predicted molar refractivity (Wildman–Crippen MR) is 114 cm³/mol. The summed E-state index contributed by atoms with van der Waals surface area (Å²) in [5.74, 6) is 0.755. The molecule has 7 nitrogen and oxygen atoms in total. The molecule has 1 aromatic rings. The van der Waals surface area contributed by atoms with Gasteiger partial charge in [-0.25, -0.2) is 13.1 Å². The van der Waals surface area contributed by atoms with Crippen LogP contribution in [-0.4, -0.2) is 64.8 Å². The number of rotatable bonds is 12. The van der Waals surface area contributed by atoms with Crippen molar-refractivity contribution in [3.8, 4) is 0 Å². The van der Waals surface area contributed by atoms with Crippen LogP contribution in [0.5, 0.6) is 0 Å². The van der Waals surface area contributed by atoms with Crippen molar-refractivity contribution in [1.29, 1.82) is 0 Å². The number of likely N-dealkylation sites (N-methyl/N-ethyl adjacent to an activating group) is 1. The molecule has 27 heavy (non-hydrogen) atoms. The molecule has 1 rings (SSSR count). The smallest absolute Gasteiger partial charge is 0.208 e. The highest BCUT2D eigenvalue weighted by atomic mass is 32.2. The van der Waals surface area contributed by atoms with E-state index >= 15 is 0 Å². The van der Waals surface area contributed by atoms with Crippen LogP contribution >= 0.6 is 0 Å². The zero-order valence-corrected chi connectivity index (χ0v) is 17.8. The molecular weight excluding hydrogens is 362 g/mol. The number of nitrogens with one attached hydrogen (secondary N) is 3. The third-order valence-electron chi connectivity index (χ3n) is 4.21. The van der Waals surface area contributed by atoms with Crippen molar-refractivity contribution in [1.82, 2.24) is 20.3 Å². The standard InChI is InChI=1S/C19H35N5O2S/c1-5-20-19(21-14-11-15-23-27(4,25)26)22-16-18(24(6-2)7-3)17-12-9-8-10-13-17/h8-10,12-13,18,23H,5-7,11,14-16H2,1-4H3,(H2,20,21,22). The lowest BCUT2D eigenvalue weighted by atomic mass is 10.1. The fraction of sp³-hybridized carbons (Fsp3) is 0.632. The molecule has 1 atom stereocenters. The van der Waals surface area contributed by atoms with Crippen LogP contribution < -0.4 is 15.4 Å². The summed E-state index contributed by atoms with van der Waals surface area (Å²) in [5.41, 5.74) is 1.26. The van der Waals surface area contributed by atoms with Gasteiger partial charge >= 0.3 is 0 Å². The maximum atomic E-state index is 11.1. The van der Waals surface area contributed by atoms with Gasteiger partial charge in [-0.05, 0) is 32.0 Å². The molecule has 0 saturated heterocycles. The second kappa shape index (κ2) is 12.7. The lowest BCUT2D eigenvalue weighted by Gasteiger charge is -2.29. The Morgan fingerprint density at radius 2 is 1.74 bits per heavy atom. The molecule has 0 amide bonds. The van der Waals surface area contributed by atoms with Gasteiger partial charge in [-0.3, -0.25) is 9.89 Å². The number of hydrogen-bond donors (Lipinski definition) is 3. The number of benzene rings is 1. The highest BCUT2D eigenvalue weighted by Gasteiger charge is 2.17. The second-order valence-electron chi connectivity index (χ2n) is 6.31. The molecule has 0 bridgehead atoms. The molecule has 3 N–H and O–H groups in total. The van der Waals surface area contributed by atoms with Gasteiger partial charge in [0.25, 0.3) is 0 Å². The van der Waals surface area contributed by atoms with Crippen LogP contribution in [0.3, 0.4) is 0 Å². The van der Waals surface area contributed by atoms with Gasteiger partial charge < -0.3 is 10.6 Å². The van der Waals surface area contributed by atoms with Crippen molar-refractivity contribution >= 4 is 16.0 Å². The highest BCUT2D eigenvalue weighted by molar-refractivity contribution is 7.88. The molecule has 0 fully saturated rings. The van der Waals surface area contributed by atoms with Crippen molar-refractivity contribution in [3.05, 3.63) is 35.9 Å². The summed E-state index contributed by atoms with van der Waals surface area (Å²) >= 11 is 0. The van der Waals surface area contributed by atoms with E-state index in [9.17, 15) is 8.42 Å². The maximum Gasteiger partial charge on any atom is 0.208 e. The van der Waals surface area contributed by atoms with E-state index in [2.05, 4.69) is 58.4 Å². The Labute approximate surface area is 164 Å². The van der Waals surface area contributed by atoms with Crippen molar-refractivity contribution < 1.29 is 8.42 Å². The van der Waals surface area contributed by atoms with E-state index in [1.807, 2.05) is 13.0 Å². The molecule has 8 heteroatoms. The first-order chi connectivity index (χ1) is 12.9. The average molecular weight is 398 g/mol. The Morgan fingerprint density at radius 1 is 1.07 bits per heavy atom. The molecule has 1 unspecified atom stereocenters. The number of guanidine groups is 1. The number of sulfonamides is 1. The molecule has 0 aliphatic heterocycles. The maximum absolute atomic E-state index is 11.1. The molecule has 0 aliphatic rings. The monoisotopic (exact) mass is 397 g/mol. The van der Waals surface area contributed by atoms with Crippen LogP contribution in [0.1, 0.15) is 38.8 Å². The Bertz CT molecular complexity index is 645. The highest BCUT2D eigenvalue weighted by Crippen LogP contribution is 2.20. The van der Waals surface area contributed by atoms with E-state index in [-0.39, 0.29) is 6.04 Å². The van der Waals surface area contributed by atoms with Crippen LogP contribution in [0.4, 0.5) is 0 Å². The SMILES string of the molecule is CCNC(=NCC(c1ccccc1)N(CC)CC)NCCCNS(C)(=O)=O. The molecule has 0 saturated carbocycles. The van der Waals surface area contributed by atoms with Crippen molar-refractivity contribution in [2.75, 3.05) is 45.5 Å². The van der Waals surface area contributed by atoms with E-state index in [0.717, 1.165) is 25.6 Å². The largest absolute Gasteiger partial charge is 0.357 e. The zero-order chi connectivity index (χ0) is 20.1. The Hall–Kier alpha value is -1.64. The summed E-state index contributed by atoms with van der Waals surface area (Å²) in [5, 5.41) is 6.53. The summed E-state index contributed by atoms with van der Waals surface area (Å²) in [6, 6.07) is 10.7. The Kier molecular flexibility index (Phi) is 11.0. The van der Waals surface area contributed by atoms with Crippen LogP contribution in [0, 0.1) is 0 Å². The first kappa shape index (κ1) is 23.4. The first-order valence-corrected chi connectivity index (χ1v) is 11.6. The fourth-order valence-electron chi connectivity index (χ4n) is 2.84. The fourth-order valence-corrected chi connectivity index (χ4v) is 3.36. The van der Waals surface area contributed by atoms with Gasteiger partial charge in [0.05, 0.1) is 18.8 Å². The molecule has 0 aliphatic carbocycles. The Balaban J connectivity index is 2.70. The van der Waals surface area contributed by atoms with Crippen LogP contribution in [0.25, 0.3) is 0 Å². The van der Waals surface area contributed by atoms with Crippen LogP contribution in [0.15, 0.2) is 35.3 Å². The minimum absolute atomic E-state index is 0.226. The van der Waals surface area contributed by atoms with Crippen molar-refractivity contribution in [2.45, 2.75) is 33.2 Å². The third-order valence-corrected chi connectivity index (χ3v) is 4.94. The molecule has 0 radical (unpaired) electrons. The van der Waals surface area contributed by atoms with Gasteiger partial charge in [0.15, 0.2) is 5.96 Å². The van der Waals surface area contributed by atoms with Gasteiger partial charge in [0, 0.05) is 19.6 Å². The van der Waals surface area contributed by atoms with Gasteiger partial charge in [-0.1, -0.05) is 44.2 Å². The minimum atomic E-state index is -3.13. The van der Waals surface area contributed by atoms with Crippen molar-refractivity contribution in [2.24, 2.45) is 4.99 Å². The van der Waals surface area contributed by atoms with E-state index in [1.165, 1.54) is 11.8 Å². The lowest BCUT2D eigenvalue weighted by Crippen LogP contribution is -2.39. The molecule has 154 valence electrons. The molecule has 0 heterocycles. The second-order valence-corrected chi connectivity index (χ2v) is 8.15. The minimum Gasteiger partial charge on any atom is -0.357 e. The van der Waals surface area contributed by atoms with E-state index in [4.69, 9.17) is 4.99 Å². The predicted octanol–water partition coefficient (Wildman–Crippen LogP) is 1.56. The molecule has 0 spiro atoms. The van der Waals surface area contributed by atoms with Crippen LogP contribution in [0.2, 0.25) is 0 Å². The van der Waals surface area contributed by atoms with Crippen molar-refractivity contribution in [3.63, 3.8) is 0 Å². The van der Waals surface area contributed by atoms with E-state index in [1.54, 1.807) is 0 Å². The summed E-state index contributed by atoms with van der Waals surface area (Å²) in [4.78, 5) is 7.17. The summed E-state index contributed by atoms with van der Waals surface area (Å²) < 4.78 is 24.7. The van der Waals surface area contributed by atoms with Gasteiger partial charge in [0.1, 0.15) is 0 Å². The Morgan fingerprint density at radius 3 is 2.30 bits per heavy atom.